The Morgan fingerprint density at radius 3 is 2.96 bits per heavy atom. The number of methoxy groups -OCH3 is 1. The lowest BCUT2D eigenvalue weighted by Gasteiger charge is -2.09. The number of thioether (sulfide) groups is 1. The molecule has 5 rings (SSSR count). The van der Waals surface area contributed by atoms with Gasteiger partial charge in [-0.1, -0.05) is 17.8 Å². The van der Waals surface area contributed by atoms with Gasteiger partial charge in [-0.05, 0) is 42.1 Å². The van der Waals surface area contributed by atoms with Crippen molar-refractivity contribution in [1.82, 2.24) is 19.6 Å². The molecule has 0 amide bonds. The summed E-state index contributed by atoms with van der Waals surface area (Å²) < 4.78 is 13.1. The molecule has 0 unspecified atom stereocenters. The zero-order valence-electron chi connectivity index (χ0n) is 15.2. The third-order valence-corrected chi connectivity index (χ3v) is 6.33. The minimum absolute atomic E-state index is 0.648. The number of pyridine rings is 1. The lowest BCUT2D eigenvalue weighted by Crippen LogP contribution is -1.95. The number of nitrogens with zero attached hydrogens (tertiary/aromatic N) is 4. The molecule has 0 spiro atoms. The van der Waals surface area contributed by atoms with E-state index in [0.717, 1.165) is 43.6 Å². The molecular weight excluding hydrogens is 392 g/mol. The first kappa shape index (κ1) is 17.3. The van der Waals surface area contributed by atoms with E-state index in [4.69, 9.17) is 9.15 Å². The summed E-state index contributed by atoms with van der Waals surface area (Å²) in [7, 11) is 1.67. The van der Waals surface area contributed by atoms with Crippen LogP contribution in [0.3, 0.4) is 0 Å². The van der Waals surface area contributed by atoms with Crippen LogP contribution in [0.15, 0.2) is 57.6 Å². The van der Waals surface area contributed by atoms with Crippen LogP contribution in [-0.2, 0) is 5.75 Å². The Hall–Kier alpha value is -2.84. The van der Waals surface area contributed by atoms with E-state index in [1.165, 1.54) is 0 Å². The third-order valence-electron chi connectivity index (χ3n) is 4.51. The topological polar surface area (TPSA) is 65.5 Å². The first-order valence-corrected chi connectivity index (χ1v) is 10.5. The molecule has 0 N–H and O–H groups in total. The van der Waals surface area contributed by atoms with Crippen LogP contribution in [0.5, 0.6) is 5.75 Å². The smallest absolute Gasteiger partial charge is 0.236 e. The number of rotatable bonds is 5. The predicted molar refractivity (Wildman–Crippen MR) is 111 cm³/mol. The lowest BCUT2D eigenvalue weighted by molar-refractivity contribution is 0.415. The van der Waals surface area contributed by atoms with Gasteiger partial charge in [0, 0.05) is 17.2 Å². The molecule has 140 valence electrons. The second-order valence-corrected chi connectivity index (χ2v) is 8.19. The average Bonchev–Trinajstić information content (AvgIpc) is 3.46. The summed E-state index contributed by atoms with van der Waals surface area (Å²) in [6, 6.07) is 12.1. The maximum absolute atomic E-state index is 5.61. The summed E-state index contributed by atoms with van der Waals surface area (Å²) in [5.74, 6) is 2.11. The highest BCUT2D eigenvalue weighted by Crippen LogP contribution is 2.30. The summed E-state index contributed by atoms with van der Waals surface area (Å²) in [6.07, 6.45) is 1.70. The number of hydrogen-bond donors (Lipinski definition) is 0. The van der Waals surface area contributed by atoms with Crippen molar-refractivity contribution < 1.29 is 9.15 Å². The molecule has 0 bridgehead atoms. The Labute approximate surface area is 169 Å². The Morgan fingerprint density at radius 1 is 1.21 bits per heavy atom. The summed E-state index contributed by atoms with van der Waals surface area (Å²) in [5.41, 5.74) is 3.88. The molecule has 0 saturated heterocycles. The summed E-state index contributed by atoms with van der Waals surface area (Å²) in [5, 5.41) is 12.7. The van der Waals surface area contributed by atoms with E-state index in [0.29, 0.717) is 11.6 Å². The highest BCUT2D eigenvalue weighted by atomic mass is 32.2. The molecule has 4 aromatic heterocycles. The van der Waals surface area contributed by atoms with E-state index in [-0.39, 0.29) is 0 Å². The van der Waals surface area contributed by atoms with E-state index < -0.39 is 0 Å². The number of benzene rings is 1. The van der Waals surface area contributed by atoms with Crippen molar-refractivity contribution in [3.8, 4) is 16.5 Å². The van der Waals surface area contributed by atoms with Gasteiger partial charge < -0.3 is 9.15 Å². The quantitative estimate of drug-likeness (QED) is 0.372. The fourth-order valence-corrected chi connectivity index (χ4v) is 4.63. The van der Waals surface area contributed by atoms with Crippen LogP contribution >= 0.6 is 23.1 Å². The molecule has 0 fully saturated rings. The van der Waals surface area contributed by atoms with E-state index in [2.05, 4.69) is 38.6 Å². The second kappa shape index (κ2) is 6.96. The van der Waals surface area contributed by atoms with Crippen molar-refractivity contribution in [3.63, 3.8) is 0 Å². The van der Waals surface area contributed by atoms with Crippen LogP contribution in [0.1, 0.15) is 11.3 Å². The van der Waals surface area contributed by atoms with Gasteiger partial charge in [-0.25, -0.2) is 4.98 Å². The molecule has 0 aliphatic carbocycles. The minimum Gasteiger partial charge on any atom is -0.497 e. The molecule has 0 radical (unpaired) electrons. The van der Waals surface area contributed by atoms with Crippen LogP contribution in [0.2, 0.25) is 0 Å². The first-order chi connectivity index (χ1) is 13.7. The summed E-state index contributed by atoms with van der Waals surface area (Å²) in [6.45, 7) is 2.08. The SMILES string of the molecule is COc1ccc2c(C)cc3nnc(SCc4coc(-c5cccs5)n4)n3c2c1. The molecule has 28 heavy (non-hydrogen) atoms. The number of oxazole rings is 1. The summed E-state index contributed by atoms with van der Waals surface area (Å²) >= 11 is 3.20. The zero-order chi connectivity index (χ0) is 19.1. The fraction of sp³-hybridized carbons (Fsp3) is 0.150. The Bertz CT molecular complexity index is 1270. The number of fused-ring (bicyclic) bond motifs is 3. The molecule has 0 aliphatic heterocycles. The molecule has 1 aromatic carbocycles. The lowest BCUT2D eigenvalue weighted by atomic mass is 10.1. The molecule has 8 heteroatoms. The molecule has 6 nitrogen and oxygen atoms in total. The van der Waals surface area contributed by atoms with Gasteiger partial charge in [0.25, 0.3) is 0 Å². The van der Waals surface area contributed by atoms with E-state index in [1.807, 2.05) is 29.6 Å². The molecule has 0 aliphatic rings. The normalized spacial score (nSPS) is 11.5. The third kappa shape index (κ3) is 2.94. The van der Waals surface area contributed by atoms with Gasteiger partial charge >= 0.3 is 0 Å². The van der Waals surface area contributed by atoms with Gasteiger partial charge in [0.2, 0.25) is 5.89 Å². The standard InChI is InChI=1S/C20H16N4O2S2/c1-12-8-18-22-23-20(24(18)16-9-14(25-2)5-6-15(12)16)28-11-13-10-26-19(21-13)17-4-3-7-27-17/h3-10H,11H2,1-2H3. The summed E-state index contributed by atoms with van der Waals surface area (Å²) in [4.78, 5) is 5.61. The van der Waals surface area contributed by atoms with Crippen molar-refractivity contribution in [2.75, 3.05) is 7.11 Å². The van der Waals surface area contributed by atoms with Gasteiger partial charge in [0.05, 0.1) is 23.2 Å². The highest BCUT2D eigenvalue weighted by Gasteiger charge is 2.14. The molecule has 0 atom stereocenters. The van der Waals surface area contributed by atoms with Crippen LogP contribution in [0.4, 0.5) is 0 Å². The van der Waals surface area contributed by atoms with E-state index in [9.17, 15) is 0 Å². The maximum Gasteiger partial charge on any atom is 0.236 e. The number of thiophene rings is 1. The van der Waals surface area contributed by atoms with E-state index >= 15 is 0 Å². The molecular formula is C20H16N4O2S2. The first-order valence-electron chi connectivity index (χ1n) is 8.66. The maximum atomic E-state index is 5.61. The second-order valence-electron chi connectivity index (χ2n) is 6.30. The number of aromatic nitrogens is 4. The highest BCUT2D eigenvalue weighted by molar-refractivity contribution is 7.98. The van der Waals surface area contributed by atoms with Crippen molar-refractivity contribution in [2.45, 2.75) is 17.8 Å². The van der Waals surface area contributed by atoms with Crippen molar-refractivity contribution in [1.29, 1.82) is 0 Å². The van der Waals surface area contributed by atoms with Gasteiger partial charge in [-0.3, -0.25) is 4.40 Å². The fourth-order valence-electron chi connectivity index (χ4n) is 3.15. The van der Waals surface area contributed by atoms with Crippen LogP contribution in [0, 0.1) is 6.92 Å². The Balaban J connectivity index is 1.50. The predicted octanol–water partition coefficient (Wildman–Crippen LogP) is 5.21. The number of ether oxygens (including phenoxy) is 1. The van der Waals surface area contributed by atoms with Gasteiger partial charge in [0.1, 0.15) is 12.0 Å². The molecule has 4 heterocycles. The van der Waals surface area contributed by atoms with Crippen molar-refractivity contribution >= 4 is 39.6 Å². The van der Waals surface area contributed by atoms with Gasteiger partial charge in [-0.15, -0.1) is 21.5 Å². The molecule has 5 aromatic rings. The van der Waals surface area contributed by atoms with Gasteiger partial charge in [0.15, 0.2) is 10.8 Å². The number of aryl methyl sites for hydroxylation is 1. The zero-order valence-corrected chi connectivity index (χ0v) is 16.9. The Morgan fingerprint density at radius 2 is 2.14 bits per heavy atom. The van der Waals surface area contributed by atoms with Crippen LogP contribution in [-0.4, -0.2) is 26.7 Å². The minimum atomic E-state index is 0.648. The van der Waals surface area contributed by atoms with Crippen LogP contribution in [0.25, 0.3) is 27.3 Å². The van der Waals surface area contributed by atoms with Crippen molar-refractivity contribution in [2.24, 2.45) is 0 Å². The number of hydrogen-bond acceptors (Lipinski definition) is 7. The largest absolute Gasteiger partial charge is 0.497 e. The van der Waals surface area contributed by atoms with Crippen molar-refractivity contribution in [3.05, 3.63) is 59.3 Å². The monoisotopic (exact) mass is 408 g/mol. The average molecular weight is 409 g/mol. The van der Waals surface area contributed by atoms with E-state index in [1.54, 1.807) is 36.5 Å². The van der Waals surface area contributed by atoms with Crippen LogP contribution < -0.4 is 4.74 Å². The van der Waals surface area contributed by atoms with Gasteiger partial charge in [-0.2, -0.15) is 0 Å². The Kier molecular flexibility index (Phi) is 4.29. The molecule has 0 saturated carbocycles.